The van der Waals surface area contributed by atoms with Gasteiger partial charge >= 0.3 is 6.03 Å². The standard InChI is InChI=1S/C15H10F2N2O/c1-2-10-4-3-5-12(8-10)18-15(20)19-14-7-6-11(16)9-13(14)17/h1,3-9H,(H2,18,19,20). The maximum Gasteiger partial charge on any atom is 0.323 e. The van der Waals surface area contributed by atoms with E-state index in [0.717, 1.165) is 12.1 Å². The van der Waals surface area contributed by atoms with E-state index in [2.05, 4.69) is 16.6 Å². The number of amides is 2. The number of carbonyl (C=O) groups excluding carboxylic acids is 1. The predicted octanol–water partition coefficient (Wildman–Crippen LogP) is 3.59. The summed E-state index contributed by atoms with van der Waals surface area (Å²) in [5.74, 6) is 0.870. The van der Waals surface area contributed by atoms with Crippen molar-refractivity contribution < 1.29 is 13.6 Å². The molecule has 0 aliphatic heterocycles. The van der Waals surface area contributed by atoms with Crippen LogP contribution in [0.2, 0.25) is 0 Å². The number of hydrogen-bond acceptors (Lipinski definition) is 1. The van der Waals surface area contributed by atoms with E-state index in [1.54, 1.807) is 24.3 Å². The highest BCUT2D eigenvalue weighted by molar-refractivity contribution is 5.99. The lowest BCUT2D eigenvalue weighted by Gasteiger charge is -2.08. The van der Waals surface area contributed by atoms with Gasteiger partial charge in [-0.25, -0.2) is 13.6 Å². The Morgan fingerprint density at radius 3 is 2.60 bits per heavy atom. The van der Waals surface area contributed by atoms with Crippen LogP contribution in [0, 0.1) is 24.0 Å². The fourth-order valence-corrected chi connectivity index (χ4v) is 1.56. The second kappa shape index (κ2) is 5.85. The highest BCUT2D eigenvalue weighted by atomic mass is 19.1. The third-order valence-electron chi connectivity index (χ3n) is 2.47. The molecular formula is C15H10F2N2O. The molecule has 0 unspecified atom stereocenters. The van der Waals surface area contributed by atoms with Crippen molar-refractivity contribution in [2.45, 2.75) is 0 Å². The van der Waals surface area contributed by atoms with Crippen LogP contribution < -0.4 is 10.6 Å². The van der Waals surface area contributed by atoms with Crippen LogP contribution in [0.15, 0.2) is 42.5 Å². The lowest BCUT2D eigenvalue weighted by Crippen LogP contribution is -2.20. The molecule has 0 heterocycles. The van der Waals surface area contributed by atoms with Crippen LogP contribution in [0.4, 0.5) is 25.0 Å². The molecule has 2 aromatic rings. The summed E-state index contributed by atoms with van der Waals surface area (Å²) in [5.41, 5.74) is 0.966. The molecule has 0 spiro atoms. The van der Waals surface area contributed by atoms with E-state index in [1.807, 2.05) is 0 Å². The summed E-state index contributed by atoms with van der Waals surface area (Å²) in [6.45, 7) is 0. The van der Waals surface area contributed by atoms with Gasteiger partial charge < -0.3 is 10.6 Å². The van der Waals surface area contributed by atoms with E-state index in [-0.39, 0.29) is 5.69 Å². The number of hydrogen-bond donors (Lipinski definition) is 2. The second-order valence-electron chi connectivity index (χ2n) is 3.93. The van der Waals surface area contributed by atoms with E-state index in [1.165, 1.54) is 0 Å². The zero-order valence-corrected chi connectivity index (χ0v) is 10.3. The molecule has 0 bridgehead atoms. The summed E-state index contributed by atoms with van der Waals surface area (Å²) >= 11 is 0. The second-order valence-corrected chi connectivity index (χ2v) is 3.93. The normalized spacial score (nSPS) is 9.65. The first-order valence-corrected chi connectivity index (χ1v) is 5.68. The van der Waals surface area contributed by atoms with Crippen LogP contribution in [-0.2, 0) is 0 Å². The molecule has 2 N–H and O–H groups in total. The zero-order chi connectivity index (χ0) is 14.5. The van der Waals surface area contributed by atoms with Gasteiger partial charge in [-0.05, 0) is 30.3 Å². The van der Waals surface area contributed by atoms with Crippen molar-refractivity contribution in [1.82, 2.24) is 0 Å². The average molecular weight is 272 g/mol. The van der Waals surface area contributed by atoms with Gasteiger partial charge in [0.15, 0.2) is 0 Å². The highest BCUT2D eigenvalue weighted by Crippen LogP contribution is 2.16. The van der Waals surface area contributed by atoms with Gasteiger partial charge in [-0.15, -0.1) is 6.42 Å². The van der Waals surface area contributed by atoms with Gasteiger partial charge in [-0.3, -0.25) is 0 Å². The Kier molecular flexibility index (Phi) is 3.96. The number of urea groups is 1. The van der Waals surface area contributed by atoms with Crippen molar-refractivity contribution in [3.63, 3.8) is 0 Å². The number of carbonyl (C=O) groups is 1. The molecule has 0 aliphatic rings. The number of halogens is 2. The Morgan fingerprint density at radius 2 is 1.90 bits per heavy atom. The molecule has 0 radical (unpaired) electrons. The van der Waals surface area contributed by atoms with E-state index >= 15 is 0 Å². The van der Waals surface area contributed by atoms with Gasteiger partial charge in [0.05, 0.1) is 5.69 Å². The minimum atomic E-state index is -0.850. The van der Waals surface area contributed by atoms with Crippen molar-refractivity contribution in [3.8, 4) is 12.3 Å². The van der Waals surface area contributed by atoms with E-state index < -0.39 is 17.7 Å². The van der Waals surface area contributed by atoms with Crippen molar-refractivity contribution in [1.29, 1.82) is 0 Å². The third-order valence-corrected chi connectivity index (χ3v) is 2.47. The van der Waals surface area contributed by atoms with Gasteiger partial charge in [0.2, 0.25) is 0 Å². The third kappa shape index (κ3) is 3.33. The summed E-state index contributed by atoms with van der Waals surface area (Å²) in [7, 11) is 0. The van der Waals surface area contributed by atoms with Crippen molar-refractivity contribution in [2.75, 3.05) is 10.6 Å². The fourth-order valence-electron chi connectivity index (χ4n) is 1.56. The van der Waals surface area contributed by atoms with Crippen molar-refractivity contribution in [3.05, 3.63) is 59.7 Å². The molecule has 0 atom stereocenters. The number of nitrogens with one attached hydrogen (secondary N) is 2. The first-order chi connectivity index (χ1) is 9.58. The van der Waals surface area contributed by atoms with E-state index in [0.29, 0.717) is 17.3 Å². The molecule has 2 amide bonds. The van der Waals surface area contributed by atoms with Gasteiger partial charge in [-0.1, -0.05) is 12.0 Å². The van der Waals surface area contributed by atoms with Crippen molar-refractivity contribution >= 4 is 17.4 Å². The van der Waals surface area contributed by atoms with Crippen LogP contribution >= 0.6 is 0 Å². The van der Waals surface area contributed by atoms with E-state index in [9.17, 15) is 13.6 Å². The zero-order valence-electron chi connectivity index (χ0n) is 10.3. The quantitative estimate of drug-likeness (QED) is 0.806. The molecule has 0 saturated carbocycles. The Hall–Kier alpha value is -2.87. The summed E-state index contributed by atoms with van der Waals surface area (Å²) < 4.78 is 26.1. The minimum absolute atomic E-state index is 0.114. The lowest BCUT2D eigenvalue weighted by molar-refractivity contribution is 0.262. The summed E-state index contributed by atoms with van der Waals surface area (Å²) in [6, 6.07) is 8.87. The molecule has 0 aromatic heterocycles. The smallest absolute Gasteiger partial charge is 0.308 e. The largest absolute Gasteiger partial charge is 0.323 e. The van der Waals surface area contributed by atoms with Gasteiger partial charge in [0.1, 0.15) is 11.6 Å². The van der Waals surface area contributed by atoms with Crippen LogP contribution in [0.5, 0.6) is 0 Å². The molecule has 0 fully saturated rings. The fraction of sp³-hybridized carbons (Fsp3) is 0. The summed E-state index contributed by atoms with van der Waals surface area (Å²) in [5, 5.41) is 4.78. The van der Waals surface area contributed by atoms with Gasteiger partial charge in [0, 0.05) is 17.3 Å². The molecule has 5 heteroatoms. The van der Waals surface area contributed by atoms with Gasteiger partial charge in [0.25, 0.3) is 0 Å². The molecular weight excluding hydrogens is 262 g/mol. The maximum atomic E-state index is 13.4. The molecule has 0 aliphatic carbocycles. The Bertz CT molecular complexity index is 693. The van der Waals surface area contributed by atoms with Gasteiger partial charge in [-0.2, -0.15) is 0 Å². The number of anilines is 2. The first-order valence-electron chi connectivity index (χ1n) is 5.68. The first kappa shape index (κ1) is 13.6. The maximum absolute atomic E-state index is 13.4. The lowest BCUT2D eigenvalue weighted by atomic mass is 10.2. The topological polar surface area (TPSA) is 41.1 Å². The highest BCUT2D eigenvalue weighted by Gasteiger charge is 2.08. The SMILES string of the molecule is C#Cc1cccc(NC(=O)Nc2ccc(F)cc2F)c1. The molecule has 3 nitrogen and oxygen atoms in total. The predicted molar refractivity (Wildman–Crippen MR) is 73.4 cm³/mol. The molecule has 20 heavy (non-hydrogen) atoms. The minimum Gasteiger partial charge on any atom is -0.308 e. The average Bonchev–Trinajstić information content (AvgIpc) is 2.42. The number of benzene rings is 2. The van der Waals surface area contributed by atoms with Crippen LogP contribution in [0.3, 0.4) is 0 Å². The Labute approximate surface area is 114 Å². The Morgan fingerprint density at radius 1 is 1.10 bits per heavy atom. The molecule has 2 rings (SSSR count). The van der Waals surface area contributed by atoms with Crippen molar-refractivity contribution in [2.24, 2.45) is 0 Å². The summed E-state index contributed by atoms with van der Waals surface area (Å²) in [6.07, 6.45) is 5.24. The molecule has 0 saturated heterocycles. The number of terminal acetylenes is 1. The molecule has 2 aromatic carbocycles. The van der Waals surface area contributed by atoms with Crippen LogP contribution in [0.1, 0.15) is 5.56 Å². The molecule has 100 valence electrons. The summed E-state index contributed by atoms with van der Waals surface area (Å²) in [4.78, 5) is 11.7. The monoisotopic (exact) mass is 272 g/mol. The number of rotatable bonds is 2. The van der Waals surface area contributed by atoms with Crippen LogP contribution in [-0.4, -0.2) is 6.03 Å². The van der Waals surface area contributed by atoms with Crippen LogP contribution in [0.25, 0.3) is 0 Å². The van der Waals surface area contributed by atoms with E-state index in [4.69, 9.17) is 6.42 Å². The Balaban J connectivity index is 2.07.